The summed E-state index contributed by atoms with van der Waals surface area (Å²) in [7, 11) is 1.38. The number of rotatable bonds is 7. The van der Waals surface area contributed by atoms with Gasteiger partial charge in [-0.3, -0.25) is 25.0 Å². The molecule has 3 aromatic carbocycles. The van der Waals surface area contributed by atoms with Crippen LogP contribution in [0, 0.1) is 10.1 Å². The van der Waals surface area contributed by atoms with E-state index in [9.17, 15) is 24.5 Å². The molecule has 0 aliphatic carbocycles. The Bertz CT molecular complexity index is 1470. The highest BCUT2D eigenvalue weighted by Gasteiger charge is 2.37. The van der Waals surface area contributed by atoms with Crippen LogP contribution in [-0.4, -0.2) is 29.9 Å². The zero-order valence-electron chi connectivity index (χ0n) is 19.1. The second kappa shape index (κ2) is 10.7. The van der Waals surface area contributed by atoms with E-state index in [0.717, 1.165) is 4.90 Å². The third-order valence-corrected chi connectivity index (χ3v) is 5.75. The Morgan fingerprint density at radius 3 is 2.51 bits per heavy atom. The maximum Gasteiger partial charge on any atom is 0.335 e. The number of carbonyl (C=O) groups is 3. The van der Waals surface area contributed by atoms with Crippen molar-refractivity contribution in [1.29, 1.82) is 0 Å². The molecule has 4 amide bonds. The second-order valence-electron chi connectivity index (χ2n) is 7.69. The number of hydrogen-bond acceptors (Lipinski definition) is 7. The number of non-ortho nitro benzene ring substituents is 1. The van der Waals surface area contributed by atoms with Crippen LogP contribution in [0.4, 0.5) is 16.2 Å². The minimum Gasteiger partial charge on any atom is -0.493 e. The number of nitrogens with zero attached hydrogens (tertiary/aromatic N) is 2. The van der Waals surface area contributed by atoms with Crippen molar-refractivity contribution in [1.82, 2.24) is 5.32 Å². The van der Waals surface area contributed by atoms with Crippen LogP contribution in [0.25, 0.3) is 6.08 Å². The molecule has 4 rings (SSSR count). The highest BCUT2D eigenvalue weighted by Crippen LogP contribution is 2.38. The van der Waals surface area contributed by atoms with Crippen LogP contribution in [0.3, 0.4) is 0 Å². The molecule has 0 spiro atoms. The van der Waals surface area contributed by atoms with Crippen LogP contribution in [-0.2, 0) is 16.2 Å². The minimum atomic E-state index is -0.907. The fraction of sp³-hybridized carbons (Fsp3) is 0.0800. The Morgan fingerprint density at radius 2 is 1.81 bits per heavy atom. The van der Waals surface area contributed by atoms with Crippen LogP contribution in [0.15, 0.2) is 66.2 Å². The summed E-state index contributed by atoms with van der Waals surface area (Å²) in [6, 6.07) is 14.0. The maximum atomic E-state index is 13.1. The maximum absolute atomic E-state index is 13.1. The smallest absolute Gasteiger partial charge is 0.335 e. The SMILES string of the molecule is COc1cc(/C=C2\C(=O)NC(=O)N(c3cccc(Cl)c3)C2=O)cc(Cl)c1OCc1cccc([N+](=O)[O-])c1. The largest absolute Gasteiger partial charge is 0.493 e. The number of anilines is 1. The van der Waals surface area contributed by atoms with Crippen LogP contribution in [0.1, 0.15) is 11.1 Å². The van der Waals surface area contributed by atoms with Gasteiger partial charge >= 0.3 is 6.03 Å². The van der Waals surface area contributed by atoms with E-state index in [1.807, 2.05) is 0 Å². The first-order valence-electron chi connectivity index (χ1n) is 10.6. The number of hydrogen-bond donors (Lipinski definition) is 1. The van der Waals surface area contributed by atoms with E-state index in [1.54, 1.807) is 18.2 Å². The van der Waals surface area contributed by atoms with Gasteiger partial charge < -0.3 is 9.47 Å². The molecule has 0 aromatic heterocycles. The molecule has 1 heterocycles. The number of imide groups is 2. The van der Waals surface area contributed by atoms with Gasteiger partial charge in [-0.15, -0.1) is 0 Å². The third kappa shape index (κ3) is 5.55. The van der Waals surface area contributed by atoms with Crippen molar-refractivity contribution in [2.45, 2.75) is 6.61 Å². The Hall–Kier alpha value is -4.41. The lowest BCUT2D eigenvalue weighted by atomic mass is 10.1. The fourth-order valence-electron chi connectivity index (χ4n) is 3.55. The number of benzene rings is 3. The summed E-state index contributed by atoms with van der Waals surface area (Å²) in [4.78, 5) is 49.3. The van der Waals surface area contributed by atoms with Crippen molar-refractivity contribution in [2.75, 3.05) is 12.0 Å². The van der Waals surface area contributed by atoms with Crippen LogP contribution in [0.2, 0.25) is 10.0 Å². The summed E-state index contributed by atoms with van der Waals surface area (Å²) in [6.07, 6.45) is 1.26. The molecule has 1 aliphatic heterocycles. The van der Waals surface area contributed by atoms with Crippen LogP contribution in [0.5, 0.6) is 11.5 Å². The molecule has 0 unspecified atom stereocenters. The summed E-state index contributed by atoms with van der Waals surface area (Å²) < 4.78 is 11.1. The lowest BCUT2D eigenvalue weighted by molar-refractivity contribution is -0.384. The molecule has 1 aliphatic rings. The molecule has 188 valence electrons. The first kappa shape index (κ1) is 25.7. The number of carbonyl (C=O) groups excluding carboxylic acids is 3. The number of nitro benzene ring substituents is 1. The standard InChI is InChI=1S/C25H17Cl2N3O7/c1-36-21-11-15(10-20(27)22(21)37-13-14-4-2-7-18(8-14)30(34)35)9-19-23(31)28-25(33)29(24(19)32)17-6-3-5-16(26)12-17/h2-12H,13H2,1H3,(H,28,31,33)/b19-9+. The molecular weight excluding hydrogens is 525 g/mol. The van der Waals surface area contributed by atoms with Gasteiger partial charge in [0.25, 0.3) is 17.5 Å². The monoisotopic (exact) mass is 541 g/mol. The summed E-state index contributed by atoms with van der Waals surface area (Å²) in [6.45, 7) is -0.0319. The van der Waals surface area contributed by atoms with Gasteiger partial charge in [-0.05, 0) is 47.5 Å². The lowest BCUT2D eigenvalue weighted by Crippen LogP contribution is -2.54. The number of amides is 4. The number of urea groups is 1. The Balaban J connectivity index is 1.63. The first-order chi connectivity index (χ1) is 17.7. The predicted octanol–water partition coefficient (Wildman–Crippen LogP) is 5.16. The molecule has 1 fully saturated rings. The van der Waals surface area contributed by atoms with Crippen molar-refractivity contribution < 1.29 is 28.8 Å². The quantitative estimate of drug-likeness (QED) is 0.189. The Morgan fingerprint density at radius 1 is 1.05 bits per heavy atom. The van der Waals surface area contributed by atoms with E-state index >= 15 is 0 Å². The Kier molecular flexibility index (Phi) is 7.42. The Labute approximate surface area is 220 Å². The van der Waals surface area contributed by atoms with E-state index in [4.69, 9.17) is 32.7 Å². The summed E-state index contributed by atoms with van der Waals surface area (Å²) in [5.41, 5.74) is 0.649. The normalized spacial score (nSPS) is 14.5. The van der Waals surface area contributed by atoms with Crippen molar-refractivity contribution >= 4 is 58.5 Å². The van der Waals surface area contributed by atoms with Crippen molar-refractivity contribution in [2.24, 2.45) is 0 Å². The van der Waals surface area contributed by atoms with Crippen LogP contribution < -0.4 is 19.7 Å². The molecule has 1 saturated heterocycles. The average molecular weight is 542 g/mol. The zero-order chi connectivity index (χ0) is 26.7. The zero-order valence-corrected chi connectivity index (χ0v) is 20.6. The molecule has 3 aromatic rings. The molecule has 12 heteroatoms. The van der Waals surface area contributed by atoms with E-state index in [-0.39, 0.29) is 40.1 Å². The van der Waals surface area contributed by atoms with Gasteiger partial charge in [0.1, 0.15) is 12.2 Å². The fourth-order valence-corrected chi connectivity index (χ4v) is 4.01. The van der Waals surface area contributed by atoms with Gasteiger partial charge in [-0.25, -0.2) is 9.69 Å². The van der Waals surface area contributed by atoms with Crippen LogP contribution >= 0.6 is 23.2 Å². The molecule has 0 bridgehead atoms. The van der Waals surface area contributed by atoms with Gasteiger partial charge in [-0.1, -0.05) is 41.4 Å². The topological polar surface area (TPSA) is 128 Å². The first-order valence-corrected chi connectivity index (χ1v) is 11.3. The number of barbiturate groups is 1. The number of nitro groups is 1. The van der Waals surface area contributed by atoms with Gasteiger partial charge in [0.2, 0.25) is 0 Å². The number of halogens is 2. The van der Waals surface area contributed by atoms with Gasteiger partial charge in [0.15, 0.2) is 11.5 Å². The number of ether oxygens (including phenoxy) is 2. The highest BCUT2D eigenvalue weighted by molar-refractivity contribution is 6.39. The van der Waals surface area contributed by atoms with E-state index < -0.39 is 22.8 Å². The van der Waals surface area contributed by atoms with E-state index in [0.29, 0.717) is 16.1 Å². The molecule has 0 saturated carbocycles. The number of nitrogens with one attached hydrogen (secondary N) is 1. The van der Waals surface area contributed by atoms with E-state index in [1.165, 1.54) is 55.7 Å². The van der Waals surface area contributed by atoms with E-state index in [2.05, 4.69) is 5.32 Å². The van der Waals surface area contributed by atoms with Gasteiger partial charge in [0.05, 0.1) is 22.7 Å². The summed E-state index contributed by atoms with van der Waals surface area (Å²) >= 11 is 12.4. The molecule has 1 N–H and O–H groups in total. The van der Waals surface area contributed by atoms with Gasteiger partial charge in [0, 0.05) is 17.2 Å². The second-order valence-corrected chi connectivity index (χ2v) is 8.53. The van der Waals surface area contributed by atoms with Crippen molar-refractivity contribution in [3.63, 3.8) is 0 Å². The summed E-state index contributed by atoms with van der Waals surface area (Å²) in [5.74, 6) is -1.38. The van der Waals surface area contributed by atoms with Crippen molar-refractivity contribution in [3.8, 4) is 11.5 Å². The number of methoxy groups -OCH3 is 1. The molecule has 0 radical (unpaired) electrons. The third-order valence-electron chi connectivity index (χ3n) is 5.24. The minimum absolute atomic E-state index is 0.0319. The molecule has 0 atom stereocenters. The average Bonchev–Trinajstić information content (AvgIpc) is 2.85. The summed E-state index contributed by atoms with van der Waals surface area (Å²) in [5, 5.41) is 13.5. The molecular formula is C25H17Cl2N3O7. The predicted molar refractivity (Wildman–Crippen MR) is 136 cm³/mol. The van der Waals surface area contributed by atoms with Crippen molar-refractivity contribution in [3.05, 3.63) is 97.5 Å². The molecule has 10 nitrogen and oxygen atoms in total. The lowest BCUT2D eigenvalue weighted by Gasteiger charge is -2.26. The molecule has 37 heavy (non-hydrogen) atoms. The van der Waals surface area contributed by atoms with Gasteiger partial charge in [-0.2, -0.15) is 0 Å². The highest BCUT2D eigenvalue weighted by atomic mass is 35.5.